The standard InChI is InChI=1S/C28H37NO3/c1-20-6-3-4-9-27(20)32-19-25(30)18-29(17-21-7-5-8-26(13-21)31-2)28-14-22-10-23(15-28)12-24(11-22)16-28/h3-9,13,22-25,30H,10-12,14-19H2,1-2H3/t22?,23?,24?,25-,28?/m1/s1. The fourth-order valence-electron chi connectivity index (χ4n) is 7.08. The van der Waals surface area contributed by atoms with Crippen molar-refractivity contribution in [2.45, 2.75) is 63.6 Å². The number of benzene rings is 2. The highest BCUT2D eigenvalue weighted by Crippen LogP contribution is 2.58. The first-order valence-electron chi connectivity index (χ1n) is 12.3. The first kappa shape index (κ1) is 21.8. The van der Waals surface area contributed by atoms with Crippen LogP contribution in [0.2, 0.25) is 0 Å². The lowest BCUT2D eigenvalue weighted by atomic mass is 9.52. The third-order valence-corrected chi connectivity index (χ3v) is 8.14. The molecule has 0 radical (unpaired) electrons. The molecule has 172 valence electrons. The highest BCUT2D eigenvalue weighted by Gasteiger charge is 2.53. The van der Waals surface area contributed by atoms with E-state index in [0.29, 0.717) is 13.2 Å². The number of ether oxygens (including phenoxy) is 2. The summed E-state index contributed by atoms with van der Waals surface area (Å²) in [5.41, 5.74) is 2.59. The molecular formula is C28H37NO3. The van der Waals surface area contributed by atoms with Gasteiger partial charge in [0.25, 0.3) is 0 Å². The minimum atomic E-state index is -0.520. The van der Waals surface area contributed by atoms with Gasteiger partial charge in [-0.1, -0.05) is 30.3 Å². The second kappa shape index (κ2) is 9.07. The molecule has 4 nitrogen and oxygen atoms in total. The van der Waals surface area contributed by atoms with Gasteiger partial charge < -0.3 is 14.6 Å². The van der Waals surface area contributed by atoms with Crippen molar-refractivity contribution >= 4 is 0 Å². The van der Waals surface area contributed by atoms with Gasteiger partial charge in [-0.3, -0.25) is 4.90 Å². The van der Waals surface area contributed by atoms with E-state index in [1.807, 2.05) is 37.3 Å². The van der Waals surface area contributed by atoms with Crippen LogP contribution >= 0.6 is 0 Å². The molecule has 6 rings (SSSR count). The van der Waals surface area contributed by atoms with Crippen LogP contribution in [0.3, 0.4) is 0 Å². The zero-order valence-electron chi connectivity index (χ0n) is 19.5. The van der Waals surface area contributed by atoms with Gasteiger partial charge in [0.05, 0.1) is 7.11 Å². The van der Waals surface area contributed by atoms with Crippen molar-refractivity contribution in [3.63, 3.8) is 0 Å². The molecule has 0 unspecified atom stereocenters. The van der Waals surface area contributed by atoms with Crippen molar-refractivity contribution in [1.29, 1.82) is 0 Å². The maximum atomic E-state index is 11.1. The van der Waals surface area contributed by atoms with Crippen LogP contribution in [-0.2, 0) is 6.54 Å². The fraction of sp³-hybridized carbons (Fsp3) is 0.571. The molecule has 4 bridgehead atoms. The number of methoxy groups -OCH3 is 1. The Morgan fingerprint density at radius 1 is 1.00 bits per heavy atom. The molecule has 2 aromatic rings. The molecule has 0 spiro atoms. The largest absolute Gasteiger partial charge is 0.497 e. The maximum Gasteiger partial charge on any atom is 0.122 e. The number of para-hydroxylation sites is 1. The zero-order chi connectivity index (χ0) is 22.1. The molecule has 1 N–H and O–H groups in total. The zero-order valence-corrected chi connectivity index (χ0v) is 19.5. The summed E-state index contributed by atoms with van der Waals surface area (Å²) < 4.78 is 11.5. The number of aliphatic hydroxyl groups excluding tert-OH is 1. The van der Waals surface area contributed by atoms with Crippen LogP contribution in [0.5, 0.6) is 11.5 Å². The highest BCUT2D eigenvalue weighted by molar-refractivity contribution is 5.32. The Morgan fingerprint density at radius 3 is 2.34 bits per heavy atom. The van der Waals surface area contributed by atoms with Crippen LogP contribution in [0.15, 0.2) is 48.5 Å². The molecule has 0 aliphatic heterocycles. The summed E-state index contributed by atoms with van der Waals surface area (Å²) in [6.07, 6.45) is 7.60. The molecule has 2 aromatic carbocycles. The average molecular weight is 436 g/mol. The van der Waals surface area contributed by atoms with Gasteiger partial charge in [0.2, 0.25) is 0 Å². The van der Waals surface area contributed by atoms with Crippen molar-refractivity contribution in [3.8, 4) is 11.5 Å². The van der Waals surface area contributed by atoms with Crippen LogP contribution in [0.25, 0.3) is 0 Å². The molecule has 4 aliphatic rings. The predicted octanol–water partition coefficient (Wildman–Crippen LogP) is 5.21. The van der Waals surface area contributed by atoms with Gasteiger partial charge >= 0.3 is 0 Å². The van der Waals surface area contributed by atoms with E-state index in [1.165, 1.54) is 44.1 Å². The van der Waals surface area contributed by atoms with Crippen LogP contribution in [0.4, 0.5) is 0 Å². The second-order valence-electron chi connectivity index (χ2n) is 10.6. The van der Waals surface area contributed by atoms with E-state index in [1.54, 1.807) is 7.11 Å². The predicted molar refractivity (Wildman–Crippen MR) is 127 cm³/mol. The Balaban J connectivity index is 1.34. The van der Waals surface area contributed by atoms with E-state index in [9.17, 15) is 5.11 Å². The smallest absolute Gasteiger partial charge is 0.122 e. The lowest BCUT2D eigenvalue weighted by Crippen LogP contribution is -2.61. The monoisotopic (exact) mass is 435 g/mol. The summed E-state index contributed by atoms with van der Waals surface area (Å²) in [6.45, 7) is 3.87. The summed E-state index contributed by atoms with van der Waals surface area (Å²) in [7, 11) is 1.72. The van der Waals surface area contributed by atoms with E-state index in [0.717, 1.165) is 41.4 Å². The van der Waals surface area contributed by atoms with Gasteiger partial charge in [0.15, 0.2) is 0 Å². The first-order valence-corrected chi connectivity index (χ1v) is 12.3. The van der Waals surface area contributed by atoms with Gasteiger partial charge in [-0.25, -0.2) is 0 Å². The summed E-state index contributed by atoms with van der Waals surface area (Å²) in [6, 6.07) is 16.4. The number of aryl methyl sites for hydroxylation is 1. The van der Waals surface area contributed by atoms with Gasteiger partial charge in [-0.2, -0.15) is 0 Å². The topological polar surface area (TPSA) is 41.9 Å². The minimum absolute atomic E-state index is 0.224. The van der Waals surface area contributed by atoms with Crippen molar-refractivity contribution in [1.82, 2.24) is 4.90 Å². The summed E-state index contributed by atoms with van der Waals surface area (Å²) in [5, 5.41) is 11.1. The van der Waals surface area contributed by atoms with Gasteiger partial charge in [-0.15, -0.1) is 0 Å². The second-order valence-corrected chi connectivity index (χ2v) is 10.6. The third kappa shape index (κ3) is 4.53. The van der Waals surface area contributed by atoms with Crippen LogP contribution in [0.1, 0.15) is 49.7 Å². The molecule has 1 atom stereocenters. The molecule has 0 amide bonds. The number of hydrogen-bond donors (Lipinski definition) is 1. The molecule has 4 saturated carbocycles. The molecule has 0 heterocycles. The van der Waals surface area contributed by atoms with E-state index < -0.39 is 6.10 Å². The van der Waals surface area contributed by atoms with E-state index in [4.69, 9.17) is 9.47 Å². The van der Waals surface area contributed by atoms with Crippen LogP contribution < -0.4 is 9.47 Å². The van der Waals surface area contributed by atoms with Crippen molar-refractivity contribution in [3.05, 3.63) is 59.7 Å². The highest BCUT2D eigenvalue weighted by atomic mass is 16.5. The Morgan fingerprint density at radius 2 is 1.69 bits per heavy atom. The van der Waals surface area contributed by atoms with E-state index in [2.05, 4.69) is 23.1 Å². The Bertz CT molecular complexity index is 891. The number of rotatable bonds is 9. The molecule has 4 fully saturated rings. The minimum Gasteiger partial charge on any atom is -0.497 e. The Kier molecular flexibility index (Phi) is 6.18. The number of nitrogens with zero attached hydrogens (tertiary/aromatic N) is 1. The van der Waals surface area contributed by atoms with Gasteiger partial charge in [0, 0.05) is 18.6 Å². The third-order valence-electron chi connectivity index (χ3n) is 8.14. The SMILES string of the molecule is COc1cccc(CN(C[C@@H](O)COc2ccccc2C)C23CC4CC(CC(C4)C2)C3)c1. The number of β-amino-alcohol motifs (C(OH)–C–C–N with tert-alkyl or cyclic N) is 1. The quantitative estimate of drug-likeness (QED) is 0.587. The van der Waals surface area contributed by atoms with Gasteiger partial charge in [0.1, 0.15) is 24.2 Å². The number of hydrogen-bond acceptors (Lipinski definition) is 4. The average Bonchev–Trinajstić information content (AvgIpc) is 2.77. The lowest BCUT2D eigenvalue weighted by molar-refractivity contribution is -0.105. The molecule has 4 aliphatic carbocycles. The Hall–Kier alpha value is -2.04. The summed E-state index contributed by atoms with van der Waals surface area (Å²) >= 11 is 0. The normalized spacial score (nSPS) is 29.3. The van der Waals surface area contributed by atoms with E-state index in [-0.39, 0.29) is 5.54 Å². The molecule has 0 aromatic heterocycles. The molecule has 0 saturated heterocycles. The fourth-order valence-corrected chi connectivity index (χ4v) is 7.08. The molecular weight excluding hydrogens is 398 g/mol. The van der Waals surface area contributed by atoms with Gasteiger partial charge in [-0.05, 0) is 92.5 Å². The van der Waals surface area contributed by atoms with Crippen molar-refractivity contribution in [2.24, 2.45) is 17.8 Å². The maximum absolute atomic E-state index is 11.1. The molecule has 32 heavy (non-hydrogen) atoms. The van der Waals surface area contributed by atoms with E-state index >= 15 is 0 Å². The van der Waals surface area contributed by atoms with Crippen LogP contribution in [-0.4, -0.2) is 41.9 Å². The summed E-state index contributed by atoms with van der Waals surface area (Å²) in [4.78, 5) is 2.61. The van der Waals surface area contributed by atoms with Crippen LogP contribution in [0, 0.1) is 24.7 Å². The van der Waals surface area contributed by atoms with Crippen molar-refractivity contribution in [2.75, 3.05) is 20.3 Å². The van der Waals surface area contributed by atoms with Crippen molar-refractivity contribution < 1.29 is 14.6 Å². The lowest BCUT2D eigenvalue weighted by Gasteiger charge is -2.61. The summed E-state index contributed by atoms with van der Waals surface area (Å²) in [5.74, 6) is 4.37. The Labute approximate surface area is 192 Å². The molecule has 4 heteroatoms. The first-order chi connectivity index (χ1) is 15.5. The number of aliphatic hydroxyl groups is 1.